The highest BCUT2D eigenvalue weighted by atomic mass is 32.1. The van der Waals surface area contributed by atoms with E-state index in [1.807, 2.05) is 0 Å². The minimum Gasteiger partial charge on any atom is -0.362 e. The third-order valence-electron chi connectivity index (χ3n) is 4.65. The van der Waals surface area contributed by atoms with Crippen molar-refractivity contribution in [3.05, 3.63) is 29.8 Å². The first-order chi connectivity index (χ1) is 12.1. The molecule has 0 radical (unpaired) electrons. The molecule has 0 amide bonds. The van der Waals surface area contributed by atoms with Crippen molar-refractivity contribution >= 4 is 23.0 Å². The normalized spacial score (nSPS) is 10.9. The van der Waals surface area contributed by atoms with Crippen LogP contribution < -0.4 is 10.6 Å². The van der Waals surface area contributed by atoms with Crippen molar-refractivity contribution in [2.75, 3.05) is 11.9 Å². The van der Waals surface area contributed by atoms with Crippen LogP contribution in [-0.2, 0) is 0 Å². The van der Waals surface area contributed by atoms with E-state index in [2.05, 4.69) is 55.7 Å². The van der Waals surface area contributed by atoms with Gasteiger partial charge in [0.25, 0.3) is 0 Å². The lowest BCUT2D eigenvalue weighted by atomic mass is 10.0. The lowest BCUT2D eigenvalue weighted by Gasteiger charge is -2.12. The van der Waals surface area contributed by atoms with E-state index < -0.39 is 0 Å². The highest BCUT2D eigenvalue weighted by Crippen LogP contribution is 2.17. The summed E-state index contributed by atoms with van der Waals surface area (Å²) in [6.45, 7) is 7.66. The third kappa shape index (κ3) is 11.2. The Morgan fingerprint density at radius 1 is 0.840 bits per heavy atom. The second-order valence-corrected chi connectivity index (χ2v) is 7.75. The summed E-state index contributed by atoms with van der Waals surface area (Å²) >= 11 is 5.37. The molecule has 2 N–H and O–H groups in total. The fourth-order valence-electron chi connectivity index (χ4n) is 2.94. The van der Waals surface area contributed by atoms with Crippen LogP contribution >= 0.6 is 12.2 Å². The number of rotatable bonds is 13. The zero-order valence-corrected chi connectivity index (χ0v) is 17.4. The van der Waals surface area contributed by atoms with Crippen LogP contribution in [0.5, 0.6) is 0 Å². The number of unbranched alkanes of at least 4 members (excludes halogenated alkanes) is 9. The monoisotopic (exact) mass is 362 g/mol. The van der Waals surface area contributed by atoms with Gasteiger partial charge in [0.05, 0.1) is 0 Å². The molecule has 0 aliphatic heterocycles. The molecule has 0 atom stereocenters. The Labute approximate surface area is 161 Å². The largest absolute Gasteiger partial charge is 0.362 e. The SMILES string of the molecule is CCCCCCCCCCCCNC(=S)Nc1ccc(C(C)C)cc1. The Morgan fingerprint density at radius 2 is 1.36 bits per heavy atom. The van der Waals surface area contributed by atoms with Gasteiger partial charge < -0.3 is 10.6 Å². The molecular formula is C22H38N2S. The summed E-state index contributed by atoms with van der Waals surface area (Å²) in [6, 6.07) is 8.53. The molecule has 142 valence electrons. The molecular weight excluding hydrogens is 324 g/mol. The summed E-state index contributed by atoms with van der Waals surface area (Å²) in [5, 5.41) is 7.31. The van der Waals surface area contributed by atoms with Crippen LogP contribution in [-0.4, -0.2) is 11.7 Å². The first kappa shape index (κ1) is 22.0. The van der Waals surface area contributed by atoms with E-state index in [0.29, 0.717) is 5.92 Å². The predicted molar refractivity (Wildman–Crippen MR) is 117 cm³/mol. The number of benzene rings is 1. The Bertz CT molecular complexity index is 454. The molecule has 0 saturated carbocycles. The molecule has 0 spiro atoms. The van der Waals surface area contributed by atoms with E-state index in [9.17, 15) is 0 Å². The summed E-state index contributed by atoms with van der Waals surface area (Å²) in [7, 11) is 0. The highest BCUT2D eigenvalue weighted by Gasteiger charge is 2.00. The van der Waals surface area contributed by atoms with E-state index in [4.69, 9.17) is 12.2 Å². The van der Waals surface area contributed by atoms with Crippen LogP contribution in [0.1, 0.15) is 96.5 Å². The van der Waals surface area contributed by atoms with Crippen molar-refractivity contribution < 1.29 is 0 Å². The summed E-state index contributed by atoms with van der Waals surface area (Å²) in [5.74, 6) is 0.565. The lowest BCUT2D eigenvalue weighted by Crippen LogP contribution is -2.29. The second kappa shape index (κ2) is 14.1. The van der Waals surface area contributed by atoms with Gasteiger partial charge in [-0.1, -0.05) is 90.7 Å². The van der Waals surface area contributed by atoms with Gasteiger partial charge in [-0.25, -0.2) is 0 Å². The third-order valence-corrected chi connectivity index (χ3v) is 4.90. The molecule has 25 heavy (non-hydrogen) atoms. The van der Waals surface area contributed by atoms with Crippen molar-refractivity contribution in [1.29, 1.82) is 0 Å². The van der Waals surface area contributed by atoms with Gasteiger partial charge in [-0.05, 0) is 42.3 Å². The molecule has 0 bridgehead atoms. The number of anilines is 1. The average molecular weight is 363 g/mol. The average Bonchev–Trinajstić information content (AvgIpc) is 2.60. The quantitative estimate of drug-likeness (QED) is 0.291. The Kier molecular flexibility index (Phi) is 12.4. The zero-order valence-electron chi connectivity index (χ0n) is 16.6. The molecule has 0 unspecified atom stereocenters. The van der Waals surface area contributed by atoms with Gasteiger partial charge in [-0.15, -0.1) is 0 Å². The summed E-state index contributed by atoms with van der Waals surface area (Å²) in [6.07, 6.45) is 13.7. The molecule has 0 aliphatic carbocycles. The van der Waals surface area contributed by atoms with Crippen molar-refractivity contribution in [3.63, 3.8) is 0 Å². The molecule has 1 rings (SSSR count). The highest BCUT2D eigenvalue weighted by molar-refractivity contribution is 7.80. The standard InChI is InChI=1S/C22H38N2S/c1-4-5-6-7-8-9-10-11-12-13-18-23-22(25)24-21-16-14-20(15-17-21)19(2)3/h14-17,19H,4-13,18H2,1-3H3,(H2,23,24,25). The van der Waals surface area contributed by atoms with Crippen LogP contribution in [0.4, 0.5) is 5.69 Å². The van der Waals surface area contributed by atoms with Crippen LogP contribution in [0.15, 0.2) is 24.3 Å². The van der Waals surface area contributed by atoms with Gasteiger partial charge in [0, 0.05) is 12.2 Å². The van der Waals surface area contributed by atoms with Gasteiger partial charge >= 0.3 is 0 Å². The molecule has 0 saturated heterocycles. The fourth-order valence-corrected chi connectivity index (χ4v) is 3.16. The van der Waals surface area contributed by atoms with Crippen LogP contribution in [0.3, 0.4) is 0 Å². The Morgan fingerprint density at radius 3 is 1.88 bits per heavy atom. The van der Waals surface area contributed by atoms with Crippen molar-refractivity contribution in [3.8, 4) is 0 Å². The van der Waals surface area contributed by atoms with Crippen molar-refractivity contribution in [1.82, 2.24) is 5.32 Å². The first-order valence-electron chi connectivity index (χ1n) is 10.3. The molecule has 0 fully saturated rings. The van der Waals surface area contributed by atoms with E-state index in [-0.39, 0.29) is 0 Å². The number of thiocarbonyl (C=S) groups is 1. The lowest BCUT2D eigenvalue weighted by molar-refractivity contribution is 0.555. The maximum absolute atomic E-state index is 5.37. The van der Waals surface area contributed by atoms with Gasteiger partial charge in [-0.3, -0.25) is 0 Å². The van der Waals surface area contributed by atoms with Crippen molar-refractivity contribution in [2.45, 2.75) is 90.9 Å². The van der Waals surface area contributed by atoms with Crippen molar-refractivity contribution in [2.24, 2.45) is 0 Å². The maximum atomic E-state index is 5.37. The minimum atomic E-state index is 0.565. The van der Waals surface area contributed by atoms with Gasteiger partial charge in [0.1, 0.15) is 0 Å². The molecule has 3 heteroatoms. The van der Waals surface area contributed by atoms with E-state index in [0.717, 1.165) is 17.3 Å². The summed E-state index contributed by atoms with van der Waals surface area (Å²) in [4.78, 5) is 0. The molecule has 2 nitrogen and oxygen atoms in total. The van der Waals surface area contributed by atoms with Crippen LogP contribution in [0.2, 0.25) is 0 Å². The predicted octanol–water partition coefficient (Wildman–Crippen LogP) is 7.02. The summed E-state index contributed by atoms with van der Waals surface area (Å²) < 4.78 is 0. The molecule has 0 heterocycles. The smallest absolute Gasteiger partial charge is 0.170 e. The van der Waals surface area contributed by atoms with Gasteiger partial charge in [0.2, 0.25) is 0 Å². The van der Waals surface area contributed by atoms with E-state index in [1.165, 1.54) is 69.8 Å². The number of hydrogen-bond donors (Lipinski definition) is 2. The Hall–Kier alpha value is -1.09. The zero-order chi connectivity index (χ0) is 18.3. The van der Waals surface area contributed by atoms with Gasteiger partial charge in [0.15, 0.2) is 5.11 Å². The van der Waals surface area contributed by atoms with E-state index >= 15 is 0 Å². The topological polar surface area (TPSA) is 24.1 Å². The fraction of sp³-hybridized carbons (Fsp3) is 0.682. The Balaban J connectivity index is 1.98. The first-order valence-corrected chi connectivity index (χ1v) is 10.7. The molecule has 0 aliphatic rings. The van der Waals surface area contributed by atoms with Gasteiger partial charge in [-0.2, -0.15) is 0 Å². The molecule has 1 aromatic rings. The minimum absolute atomic E-state index is 0.565. The van der Waals surface area contributed by atoms with E-state index in [1.54, 1.807) is 0 Å². The second-order valence-electron chi connectivity index (χ2n) is 7.34. The summed E-state index contributed by atoms with van der Waals surface area (Å²) in [5.41, 5.74) is 2.42. The molecule has 1 aromatic carbocycles. The van der Waals surface area contributed by atoms with Crippen LogP contribution in [0, 0.1) is 0 Å². The number of nitrogens with one attached hydrogen (secondary N) is 2. The number of hydrogen-bond acceptors (Lipinski definition) is 1. The maximum Gasteiger partial charge on any atom is 0.170 e. The van der Waals surface area contributed by atoms with Crippen LogP contribution in [0.25, 0.3) is 0 Å². The molecule has 0 aromatic heterocycles.